The fraction of sp³-hybridized carbons (Fsp3) is 0.667. The minimum Gasteiger partial charge on any atom is -0.474 e. The fourth-order valence-electron chi connectivity index (χ4n) is 1.21. The molecule has 0 saturated heterocycles. The van der Waals surface area contributed by atoms with Crippen molar-refractivity contribution in [2.45, 2.75) is 20.8 Å². The first kappa shape index (κ1) is 13.7. The van der Waals surface area contributed by atoms with E-state index in [1.54, 1.807) is 12.4 Å². The van der Waals surface area contributed by atoms with E-state index >= 15 is 0 Å². The predicted molar refractivity (Wildman–Crippen MR) is 67.3 cm³/mol. The van der Waals surface area contributed by atoms with Gasteiger partial charge in [0.1, 0.15) is 12.4 Å². The van der Waals surface area contributed by atoms with Crippen LogP contribution in [0.5, 0.6) is 5.88 Å². The summed E-state index contributed by atoms with van der Waals surface area (Å²) in [6.07, 6.45) is 3.27. The van der Waals surface area contributed by atoms with Crippen molar-refractivity contribution in [3.8, 4) is 5.88 Å². The summed E-state index contributed by atoms with van der Waals surface area (Å²) in [5, 5.41) is 3.08. The highest BCUT2D eigenvalue weighted by Gasteiger charge is 1.99. The van der Waals surface area contributed by atoms with Crippen molar-refractivity contribution >= 4 is 5.82 Å². The Hall–Kier alpha value is -1.36. The van der Waals surface area contributed by atoms with Gasteiger partial charge in [-0.15, -0.1) is 0 Å². The zero-order valence-corrected chi connectivity index (χ0v) is 10.8. The van der Waals surface area contributed by atoms with Gasteiger partial charge in [-0.1, -0.05) is 13.8 Å². The van der Waals surface area contributed by atoms with Gasteiger partial charge in [0.05, 0.1) is 19.0 Å². The van der Waals surface area contributed by atoms with E-state index in [-0.39, 0.29) is 0 Å². The van der Waals surface area contributed by atoms with Crippen LogP contribution in [0.3, 0.4) is 0 Å². The highest BCUT2D eigenvalue weighted by atomic mass is 16.5. The lowest BCUT2D eigenvalue weighted by Gasteiger charge is -2.08. The van der Waals surface area contributed by atoms with Crippen LogP contribution in [0.25, 0.3) is 0 Å². The number of aromatic nitrogens is 2. The number of hydrogen-bond acceptors (Lipinski definition) is 5. The molecule has 0 aliphatic carbocycles. The summed E-state index contributed by atoms with van der Waals surface area (Å²) in [7, 11) is 0. The van der Waals surface area contributed by atoms with Crippen LogP contribution in [0, 0.1) is 5.92 Å². The van der Waals surface area contributed by atoms with Crippen LogP contribution in [0.4, 0.5) is 5.82 Å². The maximum atomic E-state index is 5.44. The largest absolute Gasteiger partial charge is 0.474 e. The summed E-state index contributed by atoms with van der Waals surface area (Å²) in [6, 6.07) is 0. The number of rotatable bonds is 8. The molecule has 96 valence electrons. The predicted octanol–water partition coefficient (Wildman–Crippen LogP) is 1.96. The van der Waals surface area contributed by atoms with Crippen LogP contribution < -0.4 is 10.1 Å². The van der Waals surface area contributed by atoms with Crippen molar-refractivity contribution < 1.29 is 9.47 Å². The Balaban J connectivity index is 2.24. The molecule has 0 atom stereocenters. The summed E-state index contributed by atoms with van der Waals surface area (Å²) in [6.45, 7) is 8.89. The average molecular weight is 239 g/mol. The van der Waals surface area contributed by atoms with E-state index in [0.717, 1.165) is 19.0 Å². The molecule has 0 unspecified atom stereocenters. The molecule has 1 aromatic heterocycles. The Kier molecular flexibility index (Phi) is 6.32. The Bertz CT molecular complexity index is 318. The number of hydrogen-bond donors (Lipinski definition) is 1. The van der Waals surface area contributed by atoms with Crippen LogP contribution >= 0.6 is 0 Å². The Morgan fingerprint density at radius 3 is 2.82 bits per heavy atom. The number of nitrogens with zero attached hydrogens (tertiary/aromatic N) is 2. The van der Waals surface area contributed by atoms with E-state index in [1.807, 2.05) is 6.92 Å². The van der Waals surface area contributed by atoms with Crippen molar-refractivity contribution in [1.29, 1.82) is 0 Å². The van der Waals surface area contributed by atoms with Crippen molar-refractivity contribution in [2.75, 3.05) is 31.7 Å². The van der Waals surface area contributed by atoms with Gasteiger partial charge in [-0.05, 0) is 12.8 Å². The SMILES string of the molecule is CCNc1cncc(OCCOCC(C)C)n1. The lowest BCUT2D eigenvalue weighted by molar-refractivity contribution is 0.0805. The van der Waals surface area contributed by atoms with Gasteiger partial charge < -0.3 is 14.8 Å². The highest BCUT2D eigenvalue weighted by molar-refractivity contribution is 5.32. The normalized spacial score (nSPS) is 10.6. The fourth-order valence-corrected chi connectivity index (χ4v) is 1.21. The summed E-state index contributed by atoms with van der Waals surface area (Å²) in [5.41, 5.74) is 0. The molecule has 0 saturated carbocycles. The minimum absolute atomic E-state index is 0.497. The minimum atomic E-state index is 0.497. The van der Waals surface area contributed by atoms with E-state index in [2.05, 4.69) is 29.1 Å². The molecule has 0 aliphatic rings. The van der Waals surface area contributed by atoms with E-state index in [1.165, 1.54) is 0 Å². The molecule has 0 fully saturated rings. The van der Waals surface area contributed by atoms with Crippen LogP contribution in [-0.2, 0) is 4.74 Å². The quantitative estimate of drug-likeness (QED) is 0.703. The van der Waals surface area contributed by atoms with Crippen molar-refractivity contribution in [1.82, 2.24) is 9.97 Å². The molecule has 0 aromatic carbocycles. The van der Waals surface area contributed by atoms with Gasteiger partial charge in [-0.3, -0.25) is 4.98 Å². The molecule has 0 radical (unpaired) electrons. The molecule has 1 rings (SSSR count). The van der Waals surface area contributed by atoms with Gasteiger partial charge in [0, 0.05) is 13.2 Å². The van der Waals surface area contributed by atoms with Gasteiger partial charge in [0.15, 0.2) is 0 Å². The molecule has 0 aliphatic heterocycles. The second-order valence-electron chi connectivity index (χ2n) is 4.09. The Morgan fingerprint density at radius 1 is 1.29 bits per heavy atom. The average Bonchev–Trinajstić information content (AvgIpc) is 2.29. The zero-order chi connectivity index (χ0) is 12.5. The molecule has 5 heteroatoms. The van der Waals surface area contributed by atoms with Crippen LogP contribution in [-0.4, -0.2) is 36.3 Å². The van der Waals surface area contributed by atoms with E-state index in [9.17, 15) is 0 Å². The molecular formula is C12H21N3O2. The monoisotopic (exact) mass is 239 g/mol. The van der Waals surface area contributed by atoms with E-state index < -0.39 is 0 Å². The van der Waals surface area contributed by atoms with E-state index in [4.69, 9.17) is 9.47 Å². The third-order valence-corrected chi connectivity index (χ3v) is 1.90. The van der Waals surface area contributed by atoms with E-state index in [0.29, 0.717) is 25.0 Å². The summed E-state index contributed by atoms with van der Waals surface area (Å²) < 4.78 is 10.8. The summed E-state index contributed by atoms with van der Waals surface area (Å²) in [5.74, 6) is 1.80. The van der Waals surface area contributed by atoms with Crippen LogP contribution in [0.15, 0.2) is 12.4 Å². The first-order valence-corrected chi connectivity index (χ1v) is 5.98. The number of nitrogens with one attached hydrogen (secondary N) is 1. The zero-order valence-electron chi connectivity index (χ0n) is 10.8. The van der Waals surface area contributed by atoms with Crippen molar-refractivity contribution in [3.05, 3.63) is 12.4 Å². The maximum Gasteiger partial charge on any atom is 0.234 e. The van der Waals surface area contributed by atoms with Gasteiger partial charge in [0.25, 0.3) is 0 Å². The Labute approximate surface area is 103 Å². The molecule has 1 aromatic rings. The summed E-state index contributed by atoms with van der Waals surface area (Å²) in [4.78, 5) is 8.28. The molecule has 1 N–H and O–H groups in total. The number of anilines is 1. The molecule has 0 amide bonds. The van der Waals surface area contributed by atoms with Crippen molar-refractivity contribution in [2.24, 2.45) is 5.92 Å². The second-order valence-corrected chi connectivity index (χ2v) is 4.09. The lowest BCUT2D eigenvalue weighted by atomic mass is 10.2. The molecule has 1 heterocycles. The standard InChI is InChI=1S/C12H21N3O2/c1-4-14-11-7-13-8-12(15-11)17-6-5-16-9-10(2)3/h7-8,10H,4-6,9H2,1-3H3,(H,14,15). The first-order valence-electron chi connectivity index (χ1n) is 5.98. The van der Waals surface area contributed by atoms with Gasteiger partial charge in [-0.25, -0.2) is 0 Å². The third kappa shape index (κ3) is 6.06. The molecule has 0 bridgehead atoms. The molecule has 0 spiro atoms. The lowest BCUT2D eigenvalue weighted by Crippen LogP contribution is -2.11. The molecule has 17 heavy (non-hydrogen) atoms. The van der Waals surface area contributed by atoms with Crippen LogP contribution in [0.1, 0.15) is 20.8 Å². The van der Waals surface area contributed by atoms with Crippen molar-refractivity contribution in [3.63, 3.8) is 0 Å². The summed E-state index contributed by atoms with van der Waals surface area (Å²) >= 11 is 0. The molecular weight excluding hydrogens is 218 g/mol. The highest BCUT2D eigenvalue weighted by Crippen LogP contribution is 2.08. The van der Waals surface area contributed by atoms with Crippen LogP contribution in [0.2, 0.25) is 0 Å². The van der Waals surface area contributed by atoms with Gasteiger partial charge >= 0.3 is 0 Å². The second kappa shape index (κ2) is 7.84. The number of ether oxygens (including phenoxy) is 2. The third-order valence-electron chi connectivity index (χ3n) is 1.90. The topological polar surface area (TPSA) is 56.3 Å². The Morgan fingerprint density at radius 2 is 2.12 bits per heavy atom. The smallest absolute Gasteiger partial charge is 0.234 e. The van der Waals surface area contributed by atoms with Gasteiger partial charge in [0.2, 0.25) is 5.88 Å². The molecule has 5 nitrogen and oxygen atoms in total. The first-order chi connectivity index (χ1) is 8.22. The van der Waals surface area contributed by atoms with Gasteiger partial charge in [-0.2, -0.15) is 4.98 Å². The maximum absolute atomic E-state index is 5.44.